The number of unbranched alkanes of at least 4 members (excludes halogenated alkanes) is 1. The minimum atomic E-state index is -1.04. The number of hydrogen-bond acceptors (Lipinski definition) is 6. The third kappa shape index (κ3) is 5.72. The number of fused-ring (bicyclic) bond motifs is 2. The summed E-state index contributed by atoms with van der Waals surface area (Å²) in [6.07, 6.45) is 6.19. The Bertz CT molecular complexity index is 1160. The monoisotopic (exact) mass is 465 g/mol. The topological polar surface area (TPSA) is 118 Å². The maximum absolute atomic E-state index is 12.7. The lowest BCUT2D eigenvalue weighted by atomic mass is 10.1. The van der Waals surface area contributed by atoms with Crippen molar-refractivity contribution in [1.82, 2.24) is 20.1 Å². The van der Waals surface area contributed by atoms with Gasteiger partial charge < -0.3 is 20.5 Å². The van der Waals surface area contributed by atoms with Crippen LogP contribution in [0.25, 0.3) is 10.9 Å². The highest BCUT2D eigenvalue weighted by Crippen LogP contribution is 2.20. The Balaban J connectivity index is 1.18. The number of carbonyl (C=O) groups excluding carboxylic acids is 1. The SMILES string of the molecule is Cn1ncc2c(C(=O)NC(CCCCOCCc3ccc4c(n3)CCCN4)C(=O)O)cccc21. The van der Waals surface area contributed by atoms with Crippen LogP contribution in [0.1, 0.15) is 47.4 Å². The van der Waals surface area contributed by atoms with Crippen LogP contribution in [-0.2, 0) is 29.4 Å². The molecular formula is C25H31N5O4. The van der Waals surface area contributed by atoms with Gasteiger partial charge in [0.15, 0.2) is 0 Å². The largest absolute Gasteiger partial charge is 0.480 e. The highest BCUT2D eigenvalue weighted by Gasteiger charge is 2.22. The highest BCUT2D eigenvalue weighted by molar-refractivity contribution is 6.07. The Labute approximate surface area is 198 Å². The molecule has 1 amide bonds. The number of hydrogen-bond donors (Lipinski definition) is 3. The van der Waals surface area contributed by atoms with Crippen molar-refractivity contribution >= 4 is 28.5 Å². The van der Waals surface area contributed by atoms with Crippen LogP contribution in [0.4, 0.5) is 5.69 Å². The predicted octanol–water partition coefficient (Wildman–Crippen LogP) is 2.94. The fourth-order valence-electron chi connectivity index (χ4n) is 4.22. The van der Waals surface area contributed by atoms with E-state index in [2.05, 4.69) is 21.8 Å². The summed E-state index contributed by atoms with van der Waals surface area (Å²) >= 11 is 0. The smallest absolute Gasteiger partial charge is 0.326 e. The molecule has 1 atom stereocenters. The number of ether oxygens (including phenoxy) is 1. The van der Waals surface area contributed by atoms with Crippen LogP contribution in [0.3, 0.4) is 0 Å². The number of carboxylic acids is 1. The quantitative estimate of drug-likeness (QED) is 0.373. The van der Waals surface area contributed by atoms with E-state index in [1.54, 1.807) is 30.1 Å². The maximum Gasteiger partial charge on any atom is 0.326 e. The molecule has 0 saturated carbocycles. The van der Waals surface area contributed by atoms with Gasteiger partial charge in [-0.05, 0) is 56.4 Å². The van der Waals surface area contributed by atoms with Crippen LogP contribution >= 0.6 is 0 Å². The molecule has 3 N–H and O–H groups in total. The van der Waals surface area contributed by atoms with Crippen molar-refractivity contribution in [3.8, 4) is 0 Å². The molecule has 9 nitrogen and oxygen atoms in total. The molecule has 3 aromatic rings. The first-order chi connectivity index (χ1) is 16.5. The van der Waals surface area contributed by atoms with E-state index in [0.29, 0.717) is 37.0 Å². The van der Waals surface area contributed by atoms with Crippen LogP contribution in [-0.4, -0.2) is 57.5 Å². The predicted molar refractivity (Wildman–Crippen MR) is 129 cm³/mol. The molecule has 1 aliphatic rings. The van der Waals surface area contributed by atoms with Crippen LogP contribution < -0.4 is 10.6 Å². The summed E-state index contributed by atoms with van der Waals surface area (Å²) in [5.74, 6) is -1.45. The molecular weight excluding hydrogens is 434 g/mol. The highest BCUT2D eigenvalue weighted by atomic mass is 16.5. The van der Waals surface area contributed by atoms with Crippen LogP contribution in [0.15, 0.2) is 36.5 Å². The van der Waals surface area contributed by atoms with E-state index in [0.717, 1.165) is 54.8 Å². The second kappa shape index (κ2) is 11.1. The maximum atomic E-state index is 12.7. The molecule has 2 aromatic heterocycles. The normalized spacial score (nSPS) is 13.8. The van der Waals surface area contributed by atoms with Gasteiger partial charge in [0.2, 0.25) is 0 Å². The van der Waals surface area contributed by atoms with Gasteiger partial charge in [-0.1, -0.05) is 6.07 Å². The molecule has 9 heteroatoms. The molecule has 0 radical (unpaired) electrons. The van der Waals surface area contributed by atoms with Crippen molar-refractivity contribution in [2.75, 3.05) is 25.1 Å². The first kappa shape index (κ1) is 23.7. The average molecular weight is 466 g/mol. The molecule has 4 rings (SSSR count). The van der Waals surface area contributed by atoms with Gasteiger partial charge in [0.1, 0.15) is 6.04 Å². The number of amides is 1. The summed E-state index contributed by atoms with van der Waals surface area (Å²) in [5.41, 5.74) is 4.53. The Morgan fingerprint density at radius 3 is 2.97 bits per heavy atom. The van der Waals surface area contributed by atoms with E-state index < -0.39 is 17.9 Å². The number of aryl methyl sites for hydroxylation is 2. The van der Waals surface area contributed by atoms with Crippen molar-refractivity contribution in [2.45, 2.75) is 44.6 Å². The lowest BCUT2D eigenvalue weighted by Gasteiger charge is -2.17. The summed E-state index contributed by atoms with van der Waals surface area (Å²) in [5, 5.41) is 20.5. The van der Waals surface area contributed by atoms with E-state index in [9.17, 15) is 14.7 Å². The van der Waals surface area contributed by atoms with Gasteiger partial charge in [-0.15, -0.1) is 0 Å². The van der Waals surface area contributed by atoms with E-state index >= 15 is 0 Å². The zero-order valence-corrected chi connectivity index (χ0v) is 19.4. The molecule has 34 heavy (non-hydrogen) atoms. The van der Waals surface area contributed by atoms with E-state index in [-0.39, 0.29) is 0 Å². The molecule has 1 unspecified atom stereocenters. The van der Waals surface area contributed by atoms with Gasteiger partial charge in [0.05, 0.1) is 35.3 Å². The molecule has 0 spiro atoms. The Morgan fingerprint density at radius 2 is 2.12 bits per heavy atom. The van der Waals surface area contributed by atoms with Crippen molar-refractivity contribution < 1.29 is 19.4 Å². The molecule has 1 aromatic carbocycles. The van der Waals surface area contributed by atoms with Gasteiger partial charge in [-0.2, -0.15) is 5.10 Å². The van der Waals surface area contributed by atoms with Crippen LogP contribution in [0, 0.1) is 0 Å². The number of benzene rings is 1. The number of aliphatic carboxylic acids is 1. The number of carboxylic acid groups (broad SMARTS) is 1. The molecule has 0 aliphatic carbocycles. The molecule has 180 valence electrons. The third-order valence-corrected chi connectivity index (χ3v) is 6.11. The summed E-state index contributed by atoms with van der Waals surface area (Å²) < 4.78 is 7.41. The van der Waals surface area contributed by atoms with Crippen molar-refractivity contribution in [2.24, 2.45) is 7.05 Å². The Hall–Kier alpha value is -3.46. The second-order valence-corrected chi connectivity index (χ2v) is 8.56. The zero-order valence-electron chi connectivity index (χ0n) is 19.4. The number of carbonyl (C=O) groups is 2. The number of anilines is 1. The second-order valence-electron chi connectivity index (χ2n) is 8.56. The molecule has 3 heterocycles. The van der Waals surface area contributed by atoms with Gasteiger partial charge >= 0.3 is 5.97 Å². The van der Waals surface area contributed by atoms with Crippen molar-refractivity contribution in [3.05, 3.63) is 53.5 Å². The third-order valence-electron chi connectivity index (χ3n) is 6.11. The number of nitrogens with zero attached hydrogens (tertiary/aromatic N) is 3. The molecule has 0 fully saturated rings. The standard InChI is InChI=1S/C25H31N5O4/c1-30-23-9-4-6-18(19(23)16-27-30)24(31)29-22(25(32)33)7-2-3-14-34-15-12-17-10-11-20-21(28-17)8-5-13-26-20/h4,6,9-11,16,22,26H,2-3,5,7-8,12-15H2,1H3,(H,29,31)(H,32,33). The lowest BCUT2D eigenvalue weighted by molar-refractivity contribution is -0.139. The minimum absolute atomic E-state index is 0.340. The van der Waals surface area contributed by atoms with Crippen LogP contribution in [0.5, 0.6) is 0 Å². The first-order valence-electron chi connectivity index (χ1n) is 11.8. The molecule has 1 aliphatic heterocycles. The molecule has 0 saturated heterocycles. The van der Waals surface area contributed by atoms with Crippen molar-refractivity contribution in [3.63, 3.8) is 0 Å². The lowest BCUT2D eigenvalue weighted by Crippen LogP contribution is -2.40. The first-order valence-corrected chi connectivity index (χ1v) is 11.8. The summed E-state index contributed by atoms with van der Waals surface area (Å²) in [4.78, 5) is 29.1. The number of nitrogens with one attached hydrogen (secondary N) is 2. The van der Waals surface area contributed by atoms with Gasteiger partial charge in [-0.3, -0.25) is 14.5 Å². The zero-order chi connectivity index (χ0) is 23.9. The van der Waals surface area contributed by atoms with Crippen molar-refractivity contribution in [1.29, 1.82) is 0 Å². The fraction of sp³-hybridized carbons (Fsp3) is 0.440. The van der Waals surface area contributed by atoms with E-state index in [4.69, 9.17) is 9.72 Å². The Morgan fingerprint density at radius 1 is 1.24 bits per heavy atom. The van der Waals surface area contributed by atoms with Gasteiger partial charge in [-0.25, -0.2) is 4.79 Å². The van der Waals surface area contributed by atoms with Gasteiger partial charge in [0.25, 0.3) is 5.91 Å². The minimum Gasteiger partial charge on any atom is -0.480 e. The summed E-state index contributed by atoms with van der Waals surface area (Å²) in [6, 6.07) is 8.49. The summed E-state index contributed by atoms with van der Waals surface area (Å²) in [6.45, 7) is 2.12. The number of pyridine rings is 1. The van der Waals surface area contributed by atoms with E-state index in [1.807, 2.05) is 12.1 Å². The fourth-order valence-corrected chi connectivity index (χ4v) is 4.22. The van der Waals surface area contributed by atoms with Gasteiger partial charge in [0, 0.05) is 37.7 Å². The number of rotatable bonds is 11. The number of aromatic nitrogens is 3. The molecule has 0 bridgehead atoms. The summed E-state index contributed by atoms with van der Waals surface area (Å²) in [7, 11) is 1.80. The van der Waals surface area contributed by atoms with E-state index in [1.165, 1.54) is 0 Å². The average Bonchev–Trinajstić information content (AvgIpc) is 3.23. The van der Waals surface area contributed by atoms with Crippen LogP contribution in [0.2, 0.25) is 0 Å². The Kier molecular flexibility index (Phi) is 7.74.